The van der Waals surface area contributed by atoms with Crippen LogP contribution in [0, 0.1) is 0 Å². The van der Waals surface area contributed by atoms with Crippen LogP contribution >= 0.6 is 0 Å². The molecule has 9 aromatic carbocycles. The summed E-state index contributed by atoms with van der Waals surface area (Å²) in [6, 6.07) is 63.7. The molecule has 0 unspecified atom stereocenters. The summed E-state index contributed by atoms with van der Waals surface area (Å²) >= 11 is 0. The molecule has 2 heterocycles. The maximum Gasteiger partial charge on any atom is 0.0619 e. The van der Waals surface area contributed by atoms with Crippen LogP contribution in [-0.4, -0.2) is 9.13 Å². The number of rotatable bonds is 2. The smallest absolute Gasteiger partial charge is 0.0619 e. The Kier molecular flexibility index (Phi) is 5.50. The van der Waals surface area contributed by atoms with E-state index in [0.717, 1.165) is 18.5 Å². The van der Waals surface area contributed by atoms with Gasteiger partial charge in [0.1, 0.15) is 0 Å². The van der Waals surface area contributed by atoms with Crippen LogP contribution in [0.15, 0.2) is 170 Å². The summed E-state index contributed by atoms with van der Waals surface area (Å²) in [7, 11) is 0. The highest BCUT2D eigenvalue weighted by molar-refractivity contribution is 6.31. The Bertz CT molecular complexity index is 3430. The molecule has 250 valence electrons. The zero-order chi connectivity index (χ0) is 35.1. The second-order valence-electron chi connectivity index (χ2n) is 15.1. The summed E-state index contributed by atoms with van der Waals surface area (Å²) in [6.45, 7) is 0. The SMILES string of the molecule is c1ccc2c(c1)CCc1ccc3c(c1-2)c1ccccc1n3-c1ccc(-n2c3cc4c5c(cccc5c3c3ccc5ccccc5c32)-c2ccccc2-4)cc1. The van der Waals surface area contributed by atoms with Crippen molar-refractivity contribution in [3.8, 4) is 44.8 Å². The molecule has 0 bridgehead atoms. The van der Waals surface area contributed by atoms with E-state index in [2.05, 4.69) is 179 Å². The third-order valence-corrected chi connectivity index (χ3v) is 12.5. The molecule has 11 aromatic rings. The number of aromatic nitrogens is 2. The van der Waals surface area contributed by atoms with Crippen molar-refractivity contribution in [2.45, 2.75) is 12.8 Å². The Balaban J connectivity index is 1.09. The summed E-state index contributed by atoms with van der Waals surface area (Å²) in [5.41, 5.74) is 18.3. The molecule has 0 amide bonds. The van der Waals surface area contributed by atoms with E-state index in [1.807, 2.05) is 0 Å². The van der Waals surface area contributed by atoms with Crippen LogP contribution < -0.4 is 0 Å². The Morgan fingerprint density at radius 3 is 1.87 bits per heavy atom. The number of hydrogen-bond donors (Lipinski definition) is 0. The molecule has 0 aliphatic heterocycles. The maximum atomic E-state index is 2.53. The van der Waals surface area contributed by atoms with Gasteiger partial charge in [-0.2, -0.15) is 0 Å². The molecule has 0 atom stereocenters. The number of nitrogens with zero attached hydrogens (tertiary/aromatic N) is 2. The van der Waals surface area contributed by atoms with Crippen LogP contribution in [0.25, 0.3) is 110 Å². The van der Waals surface area contributed by atoms with Crippen molar-refractivity contribution < 1.29 is 0 Å². The lowest BCUT2D eigenvalue weighted by Gasteiger charge is -2.21. The van der Waals surface area contributed by atoms with Crippen LogP contribution in [0.1, 0.15) is 11.1 Å². The van der Waals surface area contributed by atoms with Crippen molar-refractivity contribution in [1.82, 2.24) is 9.13 Å². The molecule has 0 N–H and O–H groups in total. The van der Waals surface area contributed by atoms with E-state index in [9.17, 15) is 0 Å². The molecular formula is C52H32N2. The van der Waals surface area contributed by atoms with Crippen LogP contribution in [0.5, 0.6) is 0 Å². The van der Waals surface area contributed by atoms with Gasteiger partial charge in [-0.05, 0) is 116 Å². The first-order valence-corrected chi connectivity index (χ1v) is 19.1. The quantitative estimate of drug-likeness (QED) is 0.172. The van der Waals surface area contributed by atoms with Gasteiger partial charge in [0, 0.05) is 38.3 Å². The van der Waals surface area contributed by atoms with Crippen molar-refractivity contribution in [3.05, 3.63) is 181 Å². The van der Waals surface area contributed by atoms with Crippen LogP contribution in [0.3, 0.4) is 0 Å². The van der Waals surface area contributed by atoms with Crippen LogP contribution in [0.4, 0.5) is 0 Å². The normalized spacial score (nSPS) is 13.0. The van der Waals surface area contributed by atoms with Crippen LogP contribution in [0.2, 0.25) is 0 Å². The number of hydrogen-bond acceptors (Lipinski definition) is 0. The molecule has 2 aliphatic carbocycles. The van der Waals surface area contributed by atoms with Gasteiger partial charge in [-0.15, -0.1) is 0 Å². The first-order chi connectivity index (χ1) is 26.8. The van der Waals surface area contributed by atoms with Gasteiger partial charge in [0.25, 0.3) is 0 Å². The number of aryl methyl sites for hydroxylation is 2. The molecule has 0 saturated heterocycles. The lowest BCUT2D eigenvalue weighted by molar-refractivity contribution is 0.945. The van der Waals surface area contributed by atoms with E-state index in [1.54, 1.807) is 0 Å². The molecule has 2 heteroatoms. The lowest BCUT2D eigenvalue weighted by atomic mass is 9.83. The largest absolute Gasteiger partial charge is 0.309 e. The lowest BCUT2D eigenvalue weighted by Crippen LogP contribution is -2.04. The molecule has 2 aromatic heterocycles. The fourth-order valence-electron chi connectivity index (χ4n) is 10.3. The second-order valence-corrected chi connectivity index (χ2v) is 15.1. The topological polar surface area (TPSA) is 9.86 Å². The summed E-state index contributed by atoms with van der Waals surface area (Å²) < 4.78 is 5.00. The van der Waals surface area contributed by atoms with Gasteiger partial charge in [0.05, 0.1) is 22.1 Å². The van der Waals surface area contributed by atoms with E-state index in [0.29, 0.717) is 0 Å². The third kappa shape index (κ3) is 3.60. The monoisotopic (exact) mass is 684 g/mol. The molecule has 0 fully saturated rings. The van der Waals surface area contributed by atoms with Gasteiger partial charge in [-0.25, -0.2) is 0 Å². The van der Waals surface area contributed by atoms with Crippen molar-refractivity contribution in [2.75, 3.05) is 0 Å². The van der Waals surface area contributed by atoms with E-state index in [1.165, 1.54) is 115 Å². The number of fused-ring (bicyclic) bond motifs is 16. The third-order valence-electron chi connectivity index (χ3n) is 12.5. The van der Waals surface area contributed by atoms with Crippen molar-refractivity contribution >= 4 is 65.2 Å². The first kappa shape index (κ1) is 28.7. The zero-order valence-electron chi connectivity index (χ0n) is 29.5. The van der Waals surface area contributed by atoms with Gasteiger partial charge in [0.2, 0.25) is 0 Å². The van der Waals surface area contributed by atoms with Gasteiger partial charge in [-0.3, -0.25) is 0 Å². The highest BCUT2D eigenvalue weighted by Crippen LogP contribution is 2.52. The minimum atomic E-state index is 1.08. The zero-order valence-corrected chi connectivity index (χ0v) is 29.5. The summed E-state index contributed by atoms with van der Waals surface area (Å²) in [6.07, 6.45) is 2.17. The van der Waals surface area contributed by atoms with Gasteiger partial charge in [-0.1, -0.05) is 127 Å². The predicted octanol–water partition coefficient (Wildman–Crippen LogP) is 13.6. The summed E-state index contributed by atoms with van der Waals surface area (Å²) in [4.78, 5) is 0. The highest BCUT2D eigenvalue weighted by atomic mass is 15.0. The van der Waals surface area contributed by atoms with Gasteiger partial charge < -0.3 is 9.13 Å². The average molecular weight is 685 g/mol. The van der Waals surface area contributed by atoms with E-state index >= 15 is 0 Å². The highest BCUT2D eigenvalue weighted by Gasteiger charge is 2.27. The minimum absolute atomic E-state index is 1.08. The second kappa shape index (κ2) is 10.4. The van der Waals surface area contributed by atoms with Gasteiger partial charge in [0.15, 0.2) is 0 Å². The molecule has 0 radical (unpaired) electrons. The fourth-order valence-corrected chi connectivity index (χ4v) is 10.3. The molecule has 2 nitrogen and oxygen atoms in total. The average Bonchev–Trinajstić information content (AvgIpc) is 3.88. The first-order valence-electron chi connectivity index (χ1n) is 19.1. The summed E-state index contributed by atoms with van der Waals surface area (Å²) in [5.74, 6) is 0. The van der Waals surface area contributed by atoms with E-state index in [-0.39, 0.29) is 0 Å². The maximum absolute atomic E-state index is 2.53. The molecule has 2 aliphatic rings. The van der Waals surface area contributed by atoms with Crippen LogP contribution in [-0.2, 0) is 12.8 Å². The Labute approximate surface area is 311 Å². The molecule has 0 saturated carbocycles. The predicted molar refractivity (Wildman–Crippen MR) is 227 cm³/mol. The molecular weight excluding hydrogens is 653 g/mol. The molecule has 13 rings (SSSR count). The molecule has 54 heavy (non-hydrogen) atoms. The van der Waals surface area contributed by atoms with Crippen molar-refractivity contribution in [3.63, 3.8) is 0 Å². The van der Waals surface area contributed by atoms with E-state index < -0.39 is 0 Å². The molecule has 0 spiro atoms. The summed E-state index contributed by atoms with van der Waals surface area (Å²) in [5, 5.41) is 10.5. The van der Waals surface area contributed by atoms with Crippen molar-refractivity contribution in [1.29, 1.82) is 0 Å². The van der Waals surface area contributed by atoms with E-state index in [4.69, 9.17) is 0 Å². The number of benzene rings is 9. The Morgan fingerprint density at radius 1 is 0.333 bits per heavy atom. The Morgan fingerprint density at radius 2 is 1.00 bits per heavy atom. The minimum Gasteiger partial charge on any atom is -0.309 e. The van der Waals surface area contributed by atoms with Crippen molar-refractivity contribution in [2.24, 2.45) is 0 Å². The standard InChI is InChI=1S/C52H32N2/c1-3-12-36-31(10-1)20-21-33-23-29-46-51(48(33)36)41-16-7-8-19-45(41)53(46)34-24-26-35(27-25-34)54-47-30-44-39-15-6-5-14-38(39)40-17-9-18-42(49(40)44)50(47)43-28-22-32-11-2-4-13-37(32)52(43)54/h1-19,22-30H,20-21H2. The van der Waals surface area contributed by atoms with Gasteiger partial charge >= 0.3 is 0 Å². The Hall–Kier alpha value is -6.90. The fraction of sp³-hybridized carbons (Fsp3) is 0.0385. The number of para-hydroxylation sites is 1.